The van der Waals surface area contributed by atoms with Crippen molar-refractivity contribution in [1.82, 2.24) is 10.2 Å². The lowest BCUT2D eigenvalue weighted by Gasteiger charge is -2.43. The second kappa shape index (κ2) is 7.74. The maximum absolute atomic E-state index is 13.3. The highest BCUT2D eigenvalue weighted by atomic mass is 19.1. The molecular weight excluding hydrogens is 335 g/mol. The minimum absolute atomic E-state index is 0.0336. The summed E-state index contributed by atoms with van der Waals surface area (Å²) >= 11 is 0. The summed E-state index contributed by atoms with van der Waals surface area (Å²) in [6.45, 7) is 2.69. The normalized spacial score (nSPS) is 24.3. The summed E-state index contributed by atoms with van der Waals surface area (Å²) in [6.07, 6.45) is 5.15. The Bertz CT molecular complexity index is 650. The third-order valence-electron chi connectivity index (χ3n) is 6.00. The standard InChI is InChI=1S/C20H27FN2O3/c1-2-23(13-18(24)25)17-11-16(12-17)22-19(26)20(9-3-4-10-20)14-5-7-15(21)8-6-14/h5-8,16-17H,2-4,9-13H2,1H3,(H,22,26)(H,24,25). The van der Waals surface area contributed by atoms with Crippen LogP contribution in [0.3, 0.4) is 0 Å². The van der Waals surface area contributed by atoms with Gasteiger partial charge in [0.25, 0.3) is 0 Å². The minimum Gasteiger partial charge on any atom is -0.480 e. The fourth-order valence-electron chi connectivity index (χ4n) is 4.39. The topological polar surface area (TPSA) is 69.6 Å². The van der Waals surface area contributed by atoms with Crippen molar-refractivity contribution < 1.29 is 19.1 Å². The van der Waals surface area contributed by atoms with Crippen LogP contribution in [0.5, 0.6) is 0 Å². The third-order valence-corrected chi connectivity index (χ3v) is 6.00. The molecule has 0 radical (unpaired) electrons. The van der Waals surface area contributed by atoms with Crippen LogP contribution in [-0.4, -0.2) is 47.1 Å². The minimum atomic E-state index is -0.819. The Morgan fingerprint density at radius 2 is 1.85 bits per heavy atom. The van der Waals surface area contributed by atoms with Crippen molar-refractivity contribution in [2.45, 2.75) is 62.9 Å². The van der Waals surface area contributed by atoms with Crippen molar-refractivity contribution in [3.63, 3.8) is 0 Å². The van der Waals surface area contributed by atoms with Gasteiger partial charge in [-0.3, -0.25) is 14.5 Å². The number of carbonyl (C=O) groups excluding carboxylic acids is 1. The molecule has 0 heterocycles. The maximum atomic E-state index is 13.3. The third kappa shape index (κ3) is 3.75. The molecule has 0 saturated heterocycles. The second-order valence-electron chi connectivity index (χ2n) is 7.55. The Kier molecular flexibility index (Phi) is 5.61. The van der Waals surface area contributed by atoms with E-state index in [1.165, 1.54) is 12.1 Å². The molecule has 142 valence electrons. The molecule has 1 amide bonds. The molecule has 2 N–H and O–H groups in total. The molecule has 3 rings (SSSR count). The van der Waals surface area contributed by atoms with Crippen LogP contribution in [0.2, 0.25) is 0 Å². The van der Waals surface area contributed by atoms with Crippen LogP contribution in [0.15, 0.2) is 24.3 Å². The summed E-state index contributed by atoms with van der Waals surface area (Å²) in [5.74, 6) is -1.07. The number of nitrogens with zero attached hydrogens (tertiary/aromatic N) is 1. The average molecular weight is 362 g/mol. The Balaban J connectivity index is 1.62. The second-order valence-corrected chi connectivity index (χ2v) is 7.55. The predicted octanol–water partition coefficient (Wildman–Crippen LogP) is 2.69. The number of benzene rings is 1. The van der Waals surface area contributed by atoms with Crippen molar-refractivity contribution in [3.8, 4) is 0 Å². The smallest absolute Gasteiger partial charge is 0.317 e. The summed E-state index contributed by atoms with van der Waals surface area (Å²) in [5, 5.41) is 12.1. The number of aliphatic carboxylic acids is 1. The predicted molar refractivity (Wildman–Crippen MR) is 96.4 cm³/mol. The summed E-state index contributed by atoms with van der Waals surface area (Å²) in [5.41, 5.74) is 0.343. The van der Waals surface area contributed by atoms with Crippen LogP contribution in [0.25, 0.3) is 0 Å². The van der Waals surface area contributed by atoms with E-state index in [9.17, 15) is 14.0 Å². The maximum Gasteiger partial charge on any atom is 0.317 e. The number of hydrogen-bond donors (Lipinski definition) is 2. The molecular formula is C20H27FN2O3. The van der Waals surface area contributed by atoms with E-state index >= 15 is 0 Å². The van der Waals surface area contributed by atoms with Gasteiger partial charge >= 0.3 is 5.97 Å². The van der Waals surface area contributed by atoms with E-state index in [2.05, 4.69) is 5.32 Å². The number of likely N-dealkylation sites (N-methyl/N-ethyl adjacent to an activating group) is 1. The van der Waals surface area contributed by atoms with Crippen LogP contribution < -0.4 is 5.32 Å². The summed E-state index contributed by atoms with van der Waals surface area (Å²) < 4.78 is 13.3. The number of hydrogen-bond acceptors (Lipinski definition) is 3. The van der Waals surface area contributed by atoms with E-state index in [1.807, 2.05) is 11.8 Å². The van der Waals surface area contributed by atoms with Gasteiger partial charge in [0.2, 0.25) is 5.91 Å². The van der Waals surface area contributed by atoms with Gasteiger partial charge in [0.05, 0.1) is 12.0 Å². The van der Waals surface area contributed by atoms with Gasteiger partial charge in [0.1, 0.15) is 5.82 Å². The molecule has 2 aliphatic carbocycles. The monoisotopic (exact) mass is 362 g/mol. The highest BCUT2D eigenvalue weighted by Crippen LogP contribution is 2.42. The fourth-order valence-corrected chi connectivity index (χ4v) is 4.39. The zero-order chi connectivity index (χ0) is 18.7. The van der Waals surface area contributed by atoms with Crippen molar-refractivity contribution in [3.05, 3.63) is 35.6 Å². The highest BCUT2D eigenvalue weighted by Gasteiger charge is 2.45. The first-order valence-corrected chi connectivity index (χ1v) is 9.47. The average Bonchev–Trinajstić information content (AvgIpc) is 3.07. The van der Waals surface area contributed by atoms with Gasteiger partial charge in [-0.2, -0.15) is 0 Å². The van der Waals surface area contributed by atoms with Crippen LogP contribution in [0, 0.1) is 5.82 Å². The zero-order valence-corrected chi connectivity index (χ0v) is 15.2. The summed E-state index contributed by atoms with van der Waals surface area (Å²) in [4.78, 5) is 25.9. The lowest BCUT2D eigenvalue weighted by Crippen LogP contribution is -2.57. The summed E-state index contributed by atoms with van der Waals surface area (Å²) in [6, 6.07) is 6.62. The van der Waals surface area contributed by atoms with E-state index in [0.717, 1.165) is 44.1 Å². The van der Waals surface area contributed by atoms with Gasteiger partial charge in [-0.05, 0) is 49.9 Å². The van der Waals surface area contributed by atoms with Crippen LogP contribution in [0.4, 0.5) is 4.39 Å². The first kappa shape index (κ1) is 18.8. The summed E-state index contributed by atoms with van der Waals surface area (Å²) in [7, 11) is 0. The van der Waals surface area contributed by atoms with E-state index < -0.39 is 11.4 Å². The largest absolute Gasteiger partial charge is 0.480 e. The molecule has 0 aliphatic heterocycles. The Morgan fingerprint density at radius 1 is 1.23 bits per heavy atom. The molecule has 0 spiro atoms. The Morgan fingerprint density at radius 3 is 2.38 bits per heavy atom. The molecule has 1 aromatic carbocycles. The van der Waals surface area contributed by atoms with Crippen molar-refractivity contribution >= 4 is 11.9 Å². The number of carboxylic acid groups (broad SMARTS) is 1. The fraction of sp³-hybridized carbons (Fsp3) is 0.600. The lowest BCUT2D eigenvalue weighted by atomic mass is 9.76. The van der Waals surface area contributed by atoms with Crippen LogP contribution in [-0.2, 0) is 15.0 Å². The first-order valence-electron chi connectivity index (χ1n) is 9.47. The number of nitrogens with one attached hydrogen (secondary N) is 1. The number of carboxylic acids is 1. The number of halogens is 1. The molecule has 0 unspecified atom stereocenters. The zero-order valence-electron chi connectivity index (χ0n) is 15.2. The van der Waals surface area contributed by atoms with E-state index in [0.29, 0.717) is 6.54 Å². The lowest BCUT2D eigenvalue weighted by molar-refractivity contribution is -0.140. The van der Waals surface area contributed by atoms with Crippen molar-refractivity contribution in [1.29, 1.82) is 0 Å². The van der Waals surface area contributed by atoms with E-state index in [-0.39, 0.29) is 30.4 Å². The molecule has 0 atom stereocenters. The van der Waals surface area contributed by atoms with Crippen LogP contribution in [0.1, 0.15) is 51.0 Å². The number of rotatable bonds is 7. The van der Waals surface area contributed by atoms with Gasteiger partial charge in [-0.15, -0.1) is 0 Å². The first-order chi connectivity index (χ1) is 12.4. The molecule has 6 heteroatoms. The quantitative estimate of drug-likeness (QED) is 0.782. The number of amides is 1. The van der Waals surface area contributed by atoms with Gasteiger partial charge in [0, 0.05) is 12.1 Å². The van der Waals surface area contributed by atoms with E-state index in [1.54, 1.807) is 12.1 Å². The molecule has 0 bridgehead atoms. The Hall–Kier alpha value is -1.95. The van der Waals surface area contributed by atoms with E-state index in [4.69, 9.17) is 5.11 Å². The molecule has 2 fully saturated rings. The van der Waals surface area contributed by atoms with Crippen molar-refractivity contribution in [2.75, 3.05) is 13.1 Å². The molecule has 1 aromatic rings. The van der Waals surface area contributed by atoms with Crippen LogP contribution >= 0.6 is 0 Å². The molecule has 0 aromatic heterocycles. The highest BCUT2D eigenvalue weighted by molar-refractivity contribution is 5.89. The molecule has 26 heavy (non-hydrogen) atoms. The van der Waals surface area contributed by atoms with Gasteiger partial charge < -0.3 is 10.4 Å². The van der Waals surface area contributed by atoms with Gasteiger partial charge in [0.15, 0.2) is 0 Å². The van der Waals surface area contributed by atoms with Gasteiger partial charge in [-0.1, -0.05) is 31.9 Å². The molecule has 2 aliphatic rings. The number of carbonyl (C=O) groups is 2. The SMILES string of the molecule is CCN(CC(=O)O)C1CC(NC(=O)C2(c3ccc(F)cc3)CCCC2)C1. The van der Waals surface area contributed by atoms with Crippen molar-refractivity contribution in [2.24, 2.45) is 0 Å². The Labute approximate surface area is 153 Å². The van der Waals surface area contributed by atoms with Gasteiger partial charge in [-0.25, -0.2) is 4.39 Å². The molecule has 5 nitrogen and oxygen atoms in total. The molecule has 2 saturated carbocycles.